The van der Waals surface area contributed by atoms with Crippen molar-refractivity contribution in [1.29, 1.82) is 0 Å². The molecule has 1 aromatic heterocycles. The van der Waals surface area contributed by atoms with E-state index in [1.54, 1.807) is 0 Å². The van der Waals surface area contributed by atoms with Gasteiger partial charge in [-0.1, -0.05) is 128 Å². The summed E-state index contributed by atoms with van der Waals surface area (Å²) in [5.41, 5.74) is 20.1. The molecule has 0 spiro atoms. The zero-order valence-corrected chi connectivity index (χ0v) is 32.0. The molecule has 0 N–H and O–H groups in total. The summed E-state index contributed by atoms with van der Waals surface area (Å²) >= 11 is 0. The van der Waals surface area contributed by atoms with Crippen molar-refractivity contribution in [1.82, 2.24) is 4.57 Å². The fourth-order valence-electron chi connectivity index (χ4n) is 7.79. The fourth-order valence-corrected chi connectivity index (χ4v) is 7.79. The number of rotatable bonds is 3. The van der Waals surface area contributed by atoms with Crippen LogP contribution in [-0.4, -0.2) is 43.8 Å². The summed E-state index contributed by atoms with van der Waals surface area (Å²) in [6, 6.07) is 30.0. The average Bonchev–Trinajstić information content (AvgIpc) is 3.36. The third kappa shape index (κ3) is 5.60. The van der Waals surface area contributed by atoms with Gasteiger partial charge in [-0.15, -0.1) is 16.4 Å². The molecule has 48 heavy (non-hydrogen) atoms. The van der Waals surface area contributed by atoms with E-state index in [1.165, 1.54) is 93.8 Å². The van der Waals surface area contributed by atoms with Crippen LogP contribution in [0.1, 0.15) is 79.0 Å². The second-order valence-corrected chi connectivity index (χ2v) is 17.3. The van der Waals surface area contributed by atoms with Gasteiger partial charge in [0.1, 0.15) is 39.2 Å². The molecular weight excluding hydrogens is 573 g/mol. The molecule has 0 fully saturated rings. The van der Waals surface area contributed by atoms with Crippen molar-refractivity contribution in [3.63, 3.8) is 0 Å². The van der Waals surface area contributed by atoms with Gasteiger partial charge in [-0.25, -0.2) is 0 Å². The second kappa shape index (κ2) is 11.7. The van der Waals surface area contributed by atoms with Crippen LogP contribution in [0, 0.1) is 0 Å². The van der Waals surface area contributed by atoms with Crippen molar-refractivity contribution < 1.29 is 0 Å². The van der Waals surface area contributed by atoms with E-state index >= 15 is 0 Å². The fraction of sp³-hybridized carbons (Fsp3) is 0.286. The molecule has 0 saturated carbocycles. The maximum atomic E-state index is 2.50. The van der Waals surface area contributed by atoms with E-state index in [4.69, 9.17) is 0 Å². The third-order valence-electron chi connectivity index (χ3n) is 11.0. The quantitative estimate of drug-likeness (QED) is 0.267. The second-order valence-electron chi connectivity index (χ2n) is 17.3. The maximum Gasteiger partial charge on any atom is 0.139 e. The molecular formula is C42H50B5N. The Morgan fingerprint density at radius 2 is 0.979 bits per heavy atom. The first-order valence-corrected chi connectivity index (χ1v) is 17.7. The van der Waals surface area contributed by atoms with E-state index in [0.717, 1.165) is 0 Å². The van der Waals surface area contributed by atoms with Crippen LogP contribution in [0.15, 0.2) is 78.9 Å². The van der Waals surface area contributed by atoms with Crippen LogP contribution in [0.25, 0.3) is 49.7 Å². The minimum absolute atomic E-state index is 0.0364. The van der Waals surface area contributed by atoms with Gasteiger partial charge in [-0.05, 0) is 79.5 Å². The van der Waals surface area contributed by atoms with Crippen LogP contribution < -0.4 is 27.3 Å². The van der Waals surface area contributed by atoms with Gasteiger partial charge >= 0.3 is 0 Å². The molecule has 0 amide bonds. The first-order valence-electron chi connectivity index (χ1n) is 17.7. The first kappa shape index (κ1) is 34.1. The van der Waals surface area contributed by atoms with Crippen molar-refractivity contribution in [3.05, 3.63) is 95.6 Å². The minimum atomic E-state index is -0.124. The Labute approximate surface area is 294 Å². The summed E-state index contributed by atoms with van der Waals surface area (Å²) in [5.74, 6) is 0. The van der Waals surface area contributed by atoms with E-state index in [-0.39, 0.29) is 16.2 Å². The maximum absolute atomic E-state index is 2.50. The van der Waals surface area contributed by atoms with Crippen LogP contribution in [0.3, 0.4) is 0 Å². The molecule has 0 aliphatic rings. The van der Waals surface area contributed by atoms with E-state index in [2.05, 4.69) is 185 Å². The van der Waals surface area contributed by atoms with E-state index in [1.807, 2.05) is 0 Å². The number of fused-ring (bicyclic) bond motifs is 3. The van der Waals surface area contributed by atoms with Crippen LogP contribution in [0.4, 0.5) is 0 Å². The zero-order valence-electron chi connectivity index (χ0n) is 32.0. The topological polar surface area (TPSA) is 4.93 Å². The monoisotopic (exact) mass is 623 g/mol. The smallest absolute Gasteiger partial charge is 0.139 e. The van der Waals surface area contributed by atoms with Crippen molar-refractivity contribution in [2.75, 3.05) is 0 Å². The standard InChI is InChI=1S/C42H50B5N/c1-40(2,3)24-20-23(21-25(22-24)41(4,5)6)27-18-19-30-33(34(27)42(7,8)9)31-28(32-35(43)37(45)39(47)38(46)36(32)44)16-13-17-29(31)48(30)26-14-11-10-12-15-26/h10-22H,43-47H2,1-9H3. The van der Waals surface area contributed by atoms with Crippen LogP contribution in [0.2, 0.25) is 0 Å². The highest BCUT2D eigenvalue weighted by Crippen LogP contribution is 2.47. The van der Waals surface area contributed by atoms with Gasteiger partial charge in [0.05, 0.1) is 11.0 Å². The number of nitrogens with zero attached hydrogens (tertiary/aromatic N) is 1. The molecule has 6 heteroatoms. The van der Waals surface area contributed by atoms with Crippen molar-refractivity contribution in [2.24, 2.45) is 0 Å². The van der Waals surface area contributed by atoms with Gasteiger partial charge in [0, 0.05) is 16.5 Å². The number of benzene rings is 5. The lowest BCUT2D eigenvalue weighted by Gasteiger charge is -2.29. The SMILES string of the molecule is Bc1c(B)c(B)c(-c2cccc3c2c2c(C(C)(C)C)c(-c4cc(C(C)(C)C)cc(C(C)(C)C)c4)ccc2n3-c2ccccc2)c(B)c1B. The highest BCUT2D eigenvalue weighted by atomic mass is 15.0. The van der Waals surface area contributed by atoms with Crippen LogP contribution in [0.5, 0.6) is 0 Å². The van der Waals surface area contributed by atoms with Crippen molar-refractivity contribution >= 4 is 88.4 Å². The molecule has 238 valence electrons. The normalized spacial score (nSPS) is 12.7. The Morgan fingerprint density at radius 3 is 1.50 bits per heavy atom. The number of hydrogen-bond acceptors (Lipinski definition) is 0. The van der Waals surface area contributed by atoms with Gasteiger partial charge in [0.25, 0.3) is 0 Å². The third-order valence-corrected chi connectivity index (χ3v) is 11.0. The largest absolute Gasteiger partial charge is 0.309 e. The Bertz CT molecular complexity index is 2160. The lowest BCUT2D eigenvalue weighted by molar-refractivity contribution is 0.568. The number of aromatic nitrogens is 1. The molecule has 0 saturated heterocycles. The number of para-hydroxylation sites is 1. The van der Waals surface area contributed by atoms with E-state index in [9.17, 15) is 0 Å². The lowest BCUT2D eigenvalue weighted by atomic mass is 9.59. The zero-order chi connectivity index (χ0) is 35.1. The van der Waals surface area contributed by atoms with Gasteiger partial charge < -0.3 is 4.57 Å². The highest BCUT2D eigenvalue weighted by molar-refractivity contribution is 6.69. The van der Waals surface area contributed by atoms with E-state index in [0.29, 0.717) is 0 Å². The summed E-state index contributed by atoms with van der Waals surface area (Å²) in [7, 11) is 11.5. The molecule has 6 aromatic rings. The van der Waals surface area contributed by atoms with Crippen molar-refractivity contribution in [2.45, 2.75) is 78.6 Å². The molecule has 0 aliphatic carbocycles. The van der Waals surface area contributed by atoms with Gasteiger partial charge in [0.2, 0.25) is 0 Å². The number of hydrogen-bond donors (Lipinski definition) is 0. The summed E-state index contributed by atoms with van der Waals surface area (Å²) in [5, 5.41) is 2.71. The molecule has 1 heterocycles. The summed E-state index contributed by atoms with van der Waals surface area (Å²) in [6.07, 6.45) is 0. The van der Waals surface area contributed by atoms with E-state index < -0.39 is 0 Å². The lowest BCUT2D eigenvalue weighted by Crippen LogP contribution is -2.55. The molecule has 0 atom stereocenters. The Morgan fingerprint density at radius 1 is 0.458 bits per heavy atom. The predicted octanol–water partition coefficient (Wildman–Crippen LogP) is 3.30. The summed E-state index contributed by atoms with van der Waals surface area (Å²) in [6.45, 7) is 21.2. The van der Waals surface area contributed by atoms with Gasteiger partial charge in [0.15, 0.2) is 0 Å². The van der Waals surface area contributed by atoms with Crippen LogP contribution in [-0.2, 0) is 16.2 Å². The predicted molar refractivity (Wildman–Crippen MR) is 229 cm³/mol. The molecule has 0 radical (unpaired) electrons. The molecule has 1 nitrogen and oxygen atoms in total. The molecule has 0 bridgehead atoms. The van der Waals surface area contributed by atoms with Crippen molar-refractivity contribution in [3.8, 4) is 27.9 Å². The summed E-state index contributed by atoms with van der Waals surface area (Å²) in [4.78, 5) is 0. The Balaban J connectivity index is 1.87. The Hall–Kier alpha value is -3.78. The highest BCUT2D eigenvalue weighted by Gasteiger charge is 2.29. The Kier molecular flexibility index (Phi) is 8.30. The molecule has 0 aliphatic heterocycles. The molecule has 0 unspecified atom stereocenters. The molecule has 5 aromatic carbocycles. The van der Waals surface area contributed by atoms with Gasteiger partial charge in [-0.2, -0.15) is 0 Å². The van der Waals surface area contributed by atoms with Crippen LogP contribution >= 0.6 is 0 Å². The average molecular weight is 623 g/mol. The summed E-state index contributed by atoms with van der Waals surface area (Å²) < 4.78 is 2.50. The molecule has 6 rings (SSSR count). The minimum Gasteiger partial charge on any atom is -0.309 e. The first-order chi connectivity index (χ1) is 22.3. The van der Waals surface area contributed by atoms with Gasteiger partial charge in [-0.3, -0.25) is 0 Å².